The summed E-state index contributed by atoms with van der Waals surface area (Å²) in [6, 6.07) is 9.92. The molecular weight excluding hydrogens is 338 g/mol. The lowest BCUT2D eigenvalue weighted by atomic mass is 10.1. The second-order valence-electron chi connectivity index (χ2n) is 4.89. The molecule has 0 atom stereocenters. The van der Waals surface area contributed by atoms with E-state index >= 15 is 0 Å². The first kappa shape index (κ1) is 17.4. The van der Waals surface area contributed by atoms with E-state index in [1.165, 1.54) is 0 Å². The van der Waals surface area contributed by atoms with Gasteiger partial charge in [-0.1, -0.05) is 23.7 Å². The standard InChI is InChI=1S/C15H12ClN3O5/c16-12-3-1-2-10(6-12)4-5-17-15(20)11-7-13(18(21)22)9-14(8-11)19(23)24/h1-3,6-9H,4-5H2,(H,17,20). The number of halogens is 1. The average molecular weight is 350 g/mol. The van der Waals surface area contributed by atoms with Crippen molar-refractivity contribution in [2.45, 2.75) is 6.42 Å². The number of nitro groups is 2. The number of hydrogen-bond donors (Lipinski definition) is 1. The van der Waals surface area contributed by atoms with Crippen molar-refractivity contribution in [1.82, 2.24) is 5.32 Å². The fourth-order valence-corrected chi connectivity index (χ4v) is 2.26. The lowest BCUT2D eigenvalue weighted by molar-refractivity contribution is -0.394. The third-order valence-corrected chi connectivity index (χ3v) is 3.41. The molecular formula is C15H12ClN3O5. The highest BCUT2D eigenvalue weighted by Crippen LogP contribution is 2.22. The Morgan fingerprint density at radius 2 is 1.67 bits per heavy atom. The molecule has 0 aliphatic heterocycles. The highest BCUT2D eigenvalue weighted by Gasteiger charge is 2.19. The molecule has 0 saturated carbocycles. The summed E-state index contributed by atoms with van der Waals surface area (Å²) in [7, 11) is 0. The first-order valence-electron chi connectivity index (χ1n) is 6.83. The zero-order chi connectivity index (χ0) is 17.7. The molecule has 8 nitrogen and oxygen atoms in total. The summed E-state index contributed by atoms with van der Waals surface area (Å²) in [5.41, 5.74) is -0.247. The molecule has 0 heterocycles. The van der Waals surface area contributed by atoms with Gasteiger partial charge in [0, 0.05) is 23.7 Å². The SMILES string of the molecule is O=C(NCCc1cccc(Cl)c1)c1cc([N+](=O)[O-])cc([N+](=O)[O-])c1. The van der Waals surface area contributed by atoms with Gasteiger partial charge in [-0.3, -0.25) is 25.0 Å². The molecule has 0 radical (unpaired) electrons. The molecule has 9 heteroatoms. The molecule has 0 aliphatic rings. The summed E-state index contributed by atoms with van der Waals surface area (Å²) in [6.45, 7) is 0.260. The van der Waals surface area contributed by atoms with E-state index in [2.05, 4.69) is 5.32 Å². The molecule has 2 rings (SSSR count). The summed E-state index contributed by atoms with van der Waals surface area (Å²) >= 11 is 5.86. The van der Waals surface area contributed by atoms with Crippen LogP contribution in [0.25, 0.3) is 0 Å². The predicted octanol–water partition coefficient (Wildman–Crippen LogP) is 3.13. The van der Waals surface area contributed by atoms with Gasteiger partial charge in [-0.25, -0.2) is 0 Å². The molecule has 24 heavy (non-hydrogen) atoms. The van der Waals surface area contributed by atoms with Crippen molar-refractivity contribution >= 4 is 28.9 Å². The number of non-ortho nitro benzene ring substituents is 2. The van der Waals surface area contributed by atoms with Crippen molar-refractivity contribution < 1.29 is 14.6 Å². The minimum atomic E-state index is -0.782. The third kappa shape index (κ3) is 4.50. The number of hydrogen-bond acceptors (Lipinski definition) is 5. The maximum atomic E-state index is 12.1. The van der Waals surface area contributed by atoms with Crippen LogP contribution in [0.1, 0.15) is 15.9 Å². The van der Waals surface area contributed by atoms with E-state index < -0.39 is 27.1 Å². The number of amides is 1. The highest BCUT2D eigenvalue weighted by atomic mass is 35.5. The zero-order valence-electron chi connectivity index (χ0n) is 12.3. The monoisotopic (exact) mass is 349 g/mol. The number of carbonyl (C=O) groups is 1. The lowest BCUT2D eigenvalue weighted by Crippen LogP contribution is -2.25. The molecule has 2 aromatic rings. The molecule has 0 bridgehead atoms. The van der Waals surface area contributed by atoms with Gasteiger partial charge >= 0.3 is 0 Å². The molecule has 1 amide bonds. The van der Waals surface area contributed by atoms with Crippen LogP contribution in [0.3, 0.4) is 0 Å². The van der Waals surface area contributed by atoms with Crippen molar-refractivity contribution in [3.05, 3.63) is 78.8 Å². The average Bonchev–Trinajstić information content (AvgIpc) is 2.54. The number of nitrogens with zero attached hydrogens (tertiary/aromatic N) is 2. The van der Waals surface area contributed by atoms with Gasteiger partial charge in [0.25, 0.3) is 17.3 Å². The first-order valence-corrected chi connectivity index (χ1v) is 7.21. The van der Waals surface area contributed by atoms with Crippen molar-refractivity contribution in [2.75, 3.05) is 6.54 Å². The zero-order valence-corrected chi connectivity index (χ0v) is 13.0. The van der Waals surface area contributed by atoms with Crippen LogP contribution in [-0.4, -0.2) is 22.3 Å². The van der Waals surface area contributed by atoms with Crippen LogP contribution >= 0.6 is 11.6 Å². The summed E-state index contributed by atoms with van der Waals surface area (Å²) in [5.74, 6) is -0.621. The van der Waals surface area contributed by atoms with Crippen LogP contribution in [-0.2, 0) is 6.42 Å². The maximum Gasteiger partial charge on any atom is 0.277 e. The largest absolute Gasteiger partial charge is 0.352 e. The first-order chi connectivity index (χ1) is 11.4. The number of nitro benzene ring substituents is 2. The molecule has 0 saturated heterocycles. The van der Waals surface area contributed by atoms with E-state index in [0.29, 0.717) is 11.4 Å². The van der Waals surface area contributed by atoms with Crippen LogP contribution in [0.5, 0.6) is 0 Å². The molecule has 0 fully saturated rings. The van der Waals surface area contributed by atoms with Gasteiger partial charge in [0.1, 0.15) is 0 Å². The molecule has 0 spiro atoms. The Balaban J connectivity index is 2.08. The Kier molecular flexibility index (Phi) is 5.43. The Morgan fingerprint density at radius 3 is 2.21 bits per heavy atom. The Labute approximate surface area is 141 Å². The van der Waals surface area contributed by atoms with Crippen LogP contribution in [0.15, 0.2) is 42.5 Å². The maximum absolute atomic E-state index is 12.1. The Morgan fingerprint density at radius 1 is 1.04 bits per heavy atom. The second-order valence-corrected chi connectivity index (χ2v) is 5.32. The van der Waals surface area contributed by atoms with Gasteiger partial charge in [0.2, 0.25) is 0 Å². The van der Waals surface area contributed by atoms with E-state index in [0.717, 1.165) is 23.8 Å². The van der Waals surface area contributed by atoms with Gasteiger partial charge in [-0.2, -0.15) is 0 Å². The molecule has 2 aromatic carbocycles. The molecule has 124 valence electrons. The topological polar surface area (TPSA) is 115 Å². The number of carbonyl (C=O) groups excluding carboxylic acids is 1. The van der Waals surface area contributed by atoms with Gasteiger partial charge < -0.3 is 5.32 Å². The van der Waals surface area contributed by atoms with Gasteiger partial charge in [0.05, 0.1) is 21.5 Å². The number of rotatable bonds is 6. The summed E-state index contributed by atoms with van der Waals surface area (Å²) < 4.78 is 0. The van der Waals surface area contributed by atoms with Crippen molar-refractivity contribution in [1.29, 1.82) is 0 Å². The third-order valence-electron chi connectivity index (χ3n) is 3.17. The van der Waals surface area contributed by atoms with Gasteiger partial charge in [0.15, 0.2) is 0 Å². The normalized spacial score (nSPS) is 10.2. The Hall–Kier alpha value is -3.00. The van der Waals surface area contributed by atoms with E-state index in [-0.39, 0.29) is 12.1 Å². The highest BCUT2D eigenvalue weighted by molar-refractivity contribution is 6.30. The van der Waals surface area contributed by atoms with E-state index in [1.807, 2.05) is 6.07 Å². The summed E-state index contributed by atoms with van der Waals surface area (Å²) in [6.07, 6.45) is 0.503. The van der Waals surface area contributed by atoms with Crippen molar-refractivity contribution in [3.8, 4) is 0 Å². The Bertz CT molecular complexity index is 777. The van der Waals surface area contributed by atoms with Crippen LogP contribution < -0.4 is 5.32 Å². The summed E-state index contributed by atoms with van der Waals surface area (Å²) in [5, 5.41) is 24.8. The predicted molar refractivity (Wildman–Crippen MR) is 87.2 cm³/mol. The summed E-state index contributed by atoms with van der Waals surface area (Å²) in [4.78, 5) is 32.1. The number of nitrogens with one attached hydrogen (secondary N) is 1. The van der Waals surface area contributed by atoms with E-state index in [9.17, 15) is 25.0 Å². The quantitative estimate of drug-likeness (QED) is 0.635. The van der Waals surface area contributed by atoms with Crippen LogP contribution in [0.4, 0.5) is 11.4 Å². The smallest absolute Gasteiger partial charge is 0.277 e. The number of benzene rings is 2. The van der Waals surface area contributed by atoms with E-state index in [1.54, 1.807) is 18.2 Å². The molecule has 0 aromatic heterocycles. The van der Waals surface area contributed by atoms with Gasteiger partial charge in [-0.15, -0.1) is 0 Å². The van der Waals surface area contributed by atoms with Gasteiger partial charge in [-0.05, 0) is 24.1 Å². The van der Waals surface area contributed by atoms with Crippen molar-refractivity contribution in [3.63, 3.8) is 0 Å². The minimum Gasteiger partial charge on any atom is -0.352 e. The molecule has 0 unspecified atom stereocenters. The fourth-order valence-electron chi connectivity index (χ4n) is 2.05. The van der Waals surface area contributed by atoms with Crippen LogP contribution in [0.2, 0.25) is 5.02 Å². The fraction of sp³-hybridized carbons (Fsp3) is 0.133. The van der Waals surface area contributed by atoms with E-state index in [4.69, 9.17) is 11.6 Å². The second kappa shape index (κ2) is 7.51. The van der Waals surface area contributed by atoms with Crippen molar-refractivity contribution in [2.24, 2.45) is 0 Å². The molecule has 0 aliphatic carbocycles. The minimum absolute atomic E-state index is 0.137. The van der Waals surface area contributed by atoms with Crippen LogP contribution in [0, 0.1) is 20.2 Å². The lowest BCUT2D eigenvalue weighted by Gasteiger charge is -2.06. The molecule has 1 N–H and O–H groups in total.